The monoisotopic (exact) mass is 390 g/mol. The number of fused-ring (bicyclic) bond motifs is 5. The Morgan fingerprint density at radius 2 is 1.79 bits per heavy atom. The summed E-state index contributed by atoms with van der Waals surface area (Å²) >= 11 is 0. The van der Waals surface area contributed by atoms with Crippen molar-refractivity contribution in [1.82, 2.24) is 0 Å². The van der Waals surface area contributed by atoms with Gasteiger partial charge in [-0.25, -0.2) is 0 Å². The second-order valence-corrected chi connectivity index (χ2v) is 11.5. The topological polar surface area (TPSA) is 57.5 Å². The lowest BCUT2D eigenvalue weighted by Gasteiger charge is -2.65. The summed E-state index contributed by atoms with van der Waals surface area (Å²) in [5.41, 5.74) is -0.660. The SMILES string of the molecule is CCC[C@@H](C)[C@H]1CC[C@H]2[C@@H]3CCC4(C(=O)O)CCCC[C@]4(C)[C@H]3C[C@H](O)[C@]12C. The van der Waals surface area contributed by atoms with Crippen LogP contribution < -0.4 is 0 Å². The van der Waals surface area contributed by atoms with Crippen molar-refractivity contribution >= 4 is 5.97 Å². The van der Waals surface area contributed by atoms with Crippen molar-refractivity contribution in [3.63, 3.8) is 0 Å². The van der Waals surface area contributed by atoms with Crippen LogP contribution in [0.5, 0.6) is 0 Å². The summed E-state index contributed by atoms with van der Waals surface area (Å²) in [7, 11) is 0. The van der Waals surface area contributed by atoms with Gasteiger partial charge in [0.05, 0.1) is 11.5 Å². The van der Waals surface area contributed by atoms with E-state index >= 15 is 0 Å². The maximum absolute atomic E-state index is 12.5. The van der Waals surface area contributed by atoms with Crippen LogP contribution in [0.2, 0.25) is 0 Å². The molecule has 0 aromatic rings. The molecule has 0 saturated heterocycles. The molecule has 0 aromatic heterocycles. The Labute approximate surface area is 171 Å². The Kier molecular flexibility index (Phi) is 5.17. The number of hydrogen-bond donors (Lipinski definition) is 2. The third-order valence-corrected chi connectivity index (χ3v) is 10.8. The summed E-state index contributed by atoms with van der Waals surface area (Å²) in [6, 6.07) is 0. The van der Waals surface area contributed by atoms with Gasteiger partial charge < -0.3 is 10.2 Å². The smallest absolute Gasteiger partial charge is 0.310 e. The van der Waals surface area contributed by atoms with E-state index < -0.39 is 11.4 Å². The quantitative estimate of drug-likeness (QED) is 0.628. The highest BCUT2D eigenvalue weighted by molar-refractivity contribution is 5.76. The highest BCUT2D eigenvalue weighted by atomic mass is 16.4. The number of carboxylic acid groups (broad SMARTS) is 1. The van der Waals surface area contributed by atoms with Crippen molar-refractivity contribution in [3.8, 4) is 0 Å². The summed E-state index contributed by atoms with van der Waals surface area (Å²) in [5.74, 6) is 2.32. The number of aliphatic carboxylic acids is 1. The molecule has 4 fully saturated rings. The average Bonchev–Trinajstić information content (AvgIpc) is 3.01. The molecule has 28 heavy (non-hydrogen) atoms. The summed E-state index contributed by atoms with van der Waals surface area (Å²) in [4.78, 5) is 12.5. The van der Waals surface area contributed by atoms with Crippen molar-refractivity contribution in [2.45, 2.75) is 104 Å². The van der Waals surface area contributed by atoms with Crippen LogP contribution in [0, 0.1) is 45.8 Å². The first-order valence-corrected chi connectivity index (χ1v) is 12.1. The van der Waals surface area contributed by atoms with Gasteiger partial charge in [-0.1, -0.05) is 53.4 Å². The van der Waals surface area contributed by atoms with E-state index in [0.717, 1.165) is 44.9 Å². The van der Waals surface area contributed by atoms with Gasteiger partial charge in [0.15, 0.2) is 0 Å². The van der Waals surface area contributed by atoms with E-state index in [4.69, 9.17) is 0 Å². The lowest BCUT2D eigenvalue weighted by Crippen LogP contribution is -2.63. The third kappa shape index (κ3) is 2.53. The van der Waals surface area contributed by atoms with Gasteiger partial charge in [-0.15, -0.1) is 0 Å². The Bertz CT molecular complexity index is 617. The van der Waals surface area contributed by atoms with Gasteiger partial charge in [0.25, 0.3) is 0 Å². The Morgan fingerprint density at radius 3 is 2.46 bits per heavy atom. The van der Waals surface area contributed by atoms with Gasteiger partial charge in [0.1, 0.15) is 0 Å². The minimum absolute atomic E-state index is 0.0317. The Balaban J connectivity index is 1.68. The molecule has 4 aliphatic rings. The molecule has 0 aliphatic heterocycles. The van der Waals surface area contributed by atoms with Crippen molar-refractivity contribution in [1.29, 1.82) is 0 Å². The van der Waals surface area contributed by atoms with E-state index in [1.807, 2.05) is 0 Å². The van der Waals surface area contributed by atoms with Crippen molar-refractivity contribution < 1.29 is 15.0 Å². The highest BCUT2D eigenvalue weighted by Crippen LogP contribution is 2.71. The summed E-state index contributed by atoms with van der Waals surface area (Å²) < 4.78 is 0. The van der Waals surface area contributed by atoms with Gasteiger partial charge in [0, 0.05) is 0 Å². The molecule has 3 nitrogen and oxygen atoms in total. The highest BCUT2D eigenvalue weighted by Gasteiger charge is 2.68. The Morgan fingerprint density at radius 1 is 1.07 bits per heavy atom. The number of carboxylic acids is 1. The molecule has 1 unspecified atom stereocenters. The van der Waals surface area contributed by atoms with Gasteiger partial charge >= 0.3 is 5.97 Å². The number of hydrogen-bond acceptors (Lipinski definition) is 2. The number of rotatable bonds is 4. The van der Waals surface area contributed by atoms with Crippen molar-refractivity contribution in [2.24, 2.45) is 45.8 Å². The van der Waals surface area contributed by atoms with Gasteiger partial charge in [-0.05, 0) is 85.4 Å². The molecule has 4 saturated carbocycles. The van der Waals surface area contributed by atoms with Gasteiger partial charge in [-0.3, -0.25) is 4.79 Å². The fourth-order valence-corrected chi connectivity index (χ4v) is 9.33. The number of carbonyl (C=O) groups is 1. The molecular weight excluding hydrogens is 348 g/mol. The molecule has 2 N–H and O–H groups in total. The fourth-order valence-electron chi connectivity index (χ4n) is 9.33. The van der Waals surface area contributed by atoms with Crippen LogP contribution in [0.15, 0.2) is 0 Å². The molecule has 9 atom stereocenters. The van der Waals surface area contributed by atoms with Crippen LogP contribution >= 0.6 is 0 Å². The van der Waals surface area contributed by atoms with Crippen LogP contribution in [0.3, 0.4) is 0 Å². The zero-order valence-electron chi connectivity index (χ0n) is 18.5. The minimum Gasteiger partial charge on any atom is -0.481 e. The molecule has 0 heterocycles. The summed E-state index contributed by atoms with van der Waals surface area (Å²) in [6.45, 7) is 9.36. The van der Waals surface area contributed by atoms with Crippen LogP contribution in [0.25, 0.3) is 0 Å². The lowest BCUT2D eigenvalue weighted by atomic mass is 9.39. The zero-order valence-corrected chi connectivity index (χ0v) is 18.5. The van der Waals surface area contributed by atoms with E-state index in [-0.39, 0.29) is 16.9 Å². The van der Waals surface area contributed by atoms with Crippen LogP contribution in [0.1, 0.15) is 98.3 Å². The van der Waals surface area contributed by atoms with E-state index in [0.29, 0.717) is 29.6 Å². The maximum atomic E-state index is 12.5. The second kappa shape index (κ2) is 7.00. The summed E-state index contributed by atoms with van der Waals surface area (Å²) in [5, 5.41) is 21.8. The minimum atomic E-state index is -0.558. The van der Waals surface area contributed by atoms with Gasteiger partial charge in [-0.2, -0.15) is 0 Å². The number of aliphatic hydroxyl groups is 1. The largest absolute Gasteiger partial charge is 0.481 e. The molecule has 4 aliphatic carbocycles. The standard InChI is InChI=1S/C25H42O3/c1-5-8-16(2)18-9-10-19-17-11-14-25(22(27)28)13-7-6-12-23(25,3)20(17)15-21(26)24(18,19)4/h16-21,26H,5-15H2,1-4H3,(H,27,28)/t16-,17+,18-,19+,20+,21+,23-,24-,25?/m1/s1. The predicted octanol–water partition coefficient (Wildman–Crippen LogP) is 5.90. The van der Waals surface area contributed by atoms with E-state index in [9.17, 15) is 15.0 Å². The molecule has 4 rings (SSSR count). The first kappa shape index (κ1) is 20.7. The molecule has 0 aromatic carbocycles. The first-order chi connectivity index (χ1) is 13.2. The molecule has 3 heteroatoms. The second-order valence-electron chi connectivity index (χ2n) is 11.5. The van der Waals surface area contributed by atoms with Crippen LogP contribution in [0.4, 0.5) is 0 Å². The average molecular weight is 391 g/mol. The van der Waals surface area contributed by atoms with E-state index in [1.54, 1.807) is 0 Å². The normalized spacial score (nSPS) is 51.7. The molecule has 160 valence electrons. The maximum Gasteiger partial charge on any atom is 0.310 e. The first-order valence-electron chi connectivity index (χ1n) is 12.1. The summed E-state index contributed by atoms with van der Waals surface area (Å²) in [6.07, 6.45) is 11.5. The van der Waals surface area contributed by atoms with E-state index in [1.165, 1.54) is 25.7 Å². The molecule has 0 spiro atoms. The van der Waals surface area contributed by atoms with Crippen molar-refractivity contribution in [2.75, 3.05) is 0 Å². The predicted molar refractivity (Wildman–Crippen MR) is 112 cm³/mol. The lowest BCUT2D eigenvalue weighted by molar-refractivity contribution is -0.209. The number of aliphatic hydroxyl groups excluding tert-OH is 1. The third-order valence-electron chi connectivity index (χ3n) is 10.8. The van der Waals surface area contributed by atoms with Crippen LogP contribution in [-0.4, -0.2) is 22.3 Å². The molecule has 0 bridgehead atoms. The van der Waals surface area contributed by atoms with Gasteiger partial charge in [0.2, 0.25) is 0 Å². The van der Waals surface area contributed by atoms with E-state index in [2.05, 4.69) is 27.7 Å². The molecular formula is C25H42O3. The molecule has 0 radical (unpaired) electrons. The Hall–Kier alpha value is -0.570. The van der Waals surface area contributed by atoms with Crippen molar-refractivity contribution in [3.05, 3.63) is 0 Å². The molecule has 0 amide bonds. The van der Waals surface area contributed by atoms with Crippen LogP contribution in [-0.2, 0) is 4.79 Å². The fraction of sp³-hybridized carbons (Fsp3) is 0.960. The zero-order chi connectivity index (χ0) is 20.3.